The molecule has 1 aromatic rings. The number of hydrogen-bond acceptors (Lipinski definition) is 4. The normalized spacial score (nSPS) is 10.4. The van der Waals surface area contributed by atoms with Crippen molar-refractivity contribution in [2.75, 3.05) is 5.75 Å². The zero-order chi connectivity index (χ0) is 12.1. The summed E-state index contributed by atoms with van der Waals surface area (Å²) >= 11 is 1.62. The Morgan fingerprint density at radius 3 is 2.31 bits per heavy atom. The molecule has 1 aromatic heterocycles. The van der Waals surface area contributed by atoms with Gasteiger partial charge in [-0.3, -0.25) is 5.41 Å². The second-order valence-corrected chi connectivity index (χ2v) is 4.84. The lowest BCUT2D eigenvalue weighted by Gasteiger charge is -2.06. The van der Waals surface area contributed by atoms with E-state index in [0.717, 1.165) is 34.3 Å². The fourth-order valence-corrected chi connectivity index (χ4v) is 2.11. The Hall–Kier alpha value is -1.10. The zero-order valence-electron chi connectivity index (χ0n) is 10.0. The van der Waals surface area contributed by atoms with Crippen LogP contribution in [0.1, 0.15) is 29.8 Å². The molecule has 0 atom stereocenters. The van der Waals surface area contributed by atoms with Crippen LogP contribution in [0.2, 0.25) is 0 Å². The van der Waals surface area contributed by atoms with Crippen molar-refractivity contribution in [1.82, 2.24) is 9.97 Å². The van der Waals surface area contributed by atoms with Crippen molar-refractivity contribution < 1.29 is 0 Å². The largest absolute Gasteiger partial charge is 0.388 e. The number of aromatic nitrogens is 2. The van der Waals surface area contributed by atoms with Crippen LogP contribution in [0, 0.1) is 26.2 Å². The van der Waals surface area contributed by atoms with Gasteiger partial charge in [-0.2, -0.15) is 0 Å². The molecule has 4 nitrogen and oxygen atoms in total. The highest BCUT2D eigenvalue weighted by Crippen LogP contribution is 2.18. The molecule has 5 heteroatoms. The van der Waals surface area contributed by atoms with Crippen molar-refractivity contribution in [2.24, 2.45) is 5.73 Å². The third-order valence-corrected chi connectivity index (χ3v) is 3.37. The fraction of sp³-hybridized carbons (Fsp3) is 0.545. The van der Waals surface area contributed by atoms with Crippen LogP contribution in [0.3, 0.4) is 0 Å². The molecule has 0 aliphatic rings. The summed E-state index contributed by atoms with van der Waals surface area (Å²) in [6.45, 7) is 6.04. The summed E-state index contributed by atoms with van der Waals surface area (Å²) in [5, 5.41) is 7.93. The highest BCUT2D eigenvalue weighted by atomic mass is 32.2. The second kappa shape index (κ2) is 5.84. The number of hydrogen-bond donors (Lipinski definition) is 2. The first kappa shape index (κ1) is 13.0. The molecule has 1 rings (SSSR count). The number of thioether (sulfide) groups is 1. The molecule has 0 amide bonds. The minimum atomic E-state index is 0.248. The Bertz CT molecular complexity index is 367. The van der Waals surface area contributed by atoms with E-state index in [1.165, 1.54) is 0 Å². The molecule has 88 valence electrons. The van der Waals surface area contributed by atoms with Gasteiger partial charge in [0.05, 0.1) is 5.84 Å². The minimum absolute atomic E-state index is 0.248. The highest BCUT2D eigenvalue weighted by Gasteiger charge is 2.04. The Labute approximate surface area is 101 Å². The SMILES string of the molecule is Cc1nc(SCCCC(=N)N)nc(C)c1C. The van der Waals surface area contributed by atoms with Crippen molar-refractivity contribution in [2.45, 2.75) is 38.8 Å². The van der Waals surface area contributed by atoms with Gasteiger partial charge in [-0.1, -0.05) is 11.8 Å². The van der Waals surface area contributed by atoms with E-state index in [1.807, 2.05) is 20.8 Å². The number of nitrogens with zero attached hydrogens (tertiary/aromatic N) is 2. The van der Waals surface area contributed by atoms with E-state index in [2.05, 4.69) is 9.97 Å². The van der Waals surface area contributed by atoms with Crippen molar-refractivity contribution >= 4 is 17.6 Å². The second-order valence-electron chi connectivity index (χ2n) is 3.78. The van der Waals surface area contributed by atoms with Crippen LogP contribution in [-0.4, -0.2) is 21.6 Å². The third kappa shape index (κ3) is 3.81. The number of aryl methyl sites for hydroxylation is 2. The van der Waals surface area contributed by atoms with Crippen molar-refractivity contribution in [3.8, 4) is 0 Å². The predicted molar refractivity (Wildman–Crippen MR) is 68.1 cm³/mol. The van der Waals surface area contributed by atoms with Crippen LogP contribution in [0.5, 0.6) is 0 Å². The number of rotatable bonds is 5. The standard InChI is InChI=1S/C11H18N4S/c1-7-8(2)14-11(15-9(7)3)16-6-4-5-10(12)13/h4-6H2,1-3H3,(H3,12,13). The Kier molecular flexibility index (Phi) is 4.73. The summed E-state index contributed by atoms with van der Waals surface area (Å²) in [4.78, 5) is 8.83. The average Bonchev–Trinajstić information content (AvgIpc) is 2.20. The summed E-state index contributed by atoms with van der Waals surface area (Å²) in [6.07, 6.45) is 1.55. The Balaban J connectivity index is 2.52. The van der Waals surface area contributed by atoms with Crippen LogP contribution in [-0.2, 0) is 0 Å². The molecule has 3 N–H and O–H groups in total. The summed E-state index contributed by atoms with van der Waals surface area (Å²) in [7, 11) is 0. The lowest BCUT2D eigenvalue weighted by molar-refractivity contribution is 0.876. The molecule has 0 spiro atoms. The molecular weight excluding hydrogens is 220 g/mol. The molecule has 0 bridgehead atoms. The minimum Gasteiger partial charge on any atom is -0.388 e. The van der Waals surface area contributed by atoms with Crippen LogP contribution < -0.4 is 5.73 Å². The molecule has 16 heavy (non-hydrogen) atoms. The molecule has 0 saturated heterocycles. The van der Waals surface area contributed by atoms with E-state index < -0.39 is 0 Å². The van der Waals surface area contributed by atoms with Gasteiger partial charge in [0, 0.05) is 23.6 Å². The van der Waals surface area contributed by atoms with Gasteiger partial charge < -0.3 is 5.73 Å². The van der Waals surface area contributed by atoms with Crippen molar-refractivity contribution in [3.63, 3.8) is 0 Å². The molecule has 0 saturated carbocycles. The summed E-state index contributed by atoms with van der Waals surface area (Å²) in [6, 6.07) is 0. The smallest absolute Gasteiger partial charge is 0.187 e. The lowest BCUT2D eigenvalue weighted by Crippen LogP contribution is -2.09. The predicted octanol–water partition coefficient (Wildman–Crippen LogP) is 2.21. The van der Waals surface area contributed by atoms with E-state index in [4.69, 9.17) is 11.1 Å². The molecule has 0 fully saturated rings. The van der Waals surface area contributed by atoms with Gasteiger partial charge in [-0.25, -0.2) is 9.97 Å². The molecule has 0 unspecified atom stereocenters. The molecule has 0 radical (unpaired) electrons. The van der Waals surface area contributed by atoms with E-state index in [1.54, 1.807) is 11.8 Å². The quantitative estimate of drug-likeness (QED) is 0.271. The monoisotopic (exact) mass is 238 g/mol. The fourth-order valence-electron chi connectivity index (χ4n) is 1.23. The Morgan fingerprint density at radius 2 is 1.81 bits per heavy atom. The molecular formula is C11H18N4S. The van der Waals surface area contributed by atoms with Crippen LogP contribution >= 0.6 is 11.8 Å². The number of nitrogens with two attached hydrogens (primary N) is 1. The lowest BCUT2D eigenvalue weighted by atomic mass is 10.2. The van der Waals surface area contributed by atoms with Crippen LogP contribution in [0.15, 0.2) is 5.16 Å². The van der Waals surface area contributed by atoms with E-state index in [-0.39, 0.29) is 5.84 Å². The number of amidine groups is 1. The van der Waals surface area contributed by atoms with Gasteiger partial charge in [-0.05, 0) is 32.8 Å². The third-order valence-electron chi connectivity index (χ3n) is 2.43. The van der Waals surface area contributed by atoms with E-state index in [0.29, 0.717) is 6.42 Å². The van der Waals surface area contributed by atoms with Gasteiger partial charge in [-0.15, -0.1) is 0 Å². The van der Waals surface area contributed by atoms with Crippen molar-refractivity contribution in [3.05, 3.63) is 17.0 Å². The number of nitrogens with one attached hydrogen (secondary N) is 1. The molecule has 0 aliphatic carbocycles. The average molecular weight is 238 g/mol. The maximum Gasteiger partial charge on any atom is 0.187 e. The van der Waals surface area contributed by atoms with Gasteiger partial charge in [0.15, 0.2) is 5.16 Å². The molecule has 0 aliphatic heterocycles. The summed E-state index contributed by atoms with van der Waals surface area (Å²) < 4.78 is 0. The van der Waals surface area contributed by atoms with Gasteiger partial charge in [0.1, 0.15) is 0 Å². The first-order valence-electron chi connectivity index (χ1n) is 5.28. The topological polar surface area (TPSA) is 75.7 Å². The first-order chi connectivity index (χ1) is 7.50. The Morgan fingerprint density at radius 1 is 1.25 bits per heavy atom. The first-order valence-corrected chi connectivity index (χ1v) is 6.27. The van der Waals surface area contributed by atoms with Crippen LogP contribution in [0.4, 0.5) is 0 Å². The van der Waals surface area contributed by atoms with Crippen molar-refractivity contribution in [1.29, 1.82) is 5.41 Å². The van der Waals surface area contributed by atoms with Gasteiger partial charge in [0.25, 0.3) is 0 Å². The van der Waals surface area contributed by atoms with Gasteiger partial charge >= 0.3 is 0 Å². The maximum atomic E-state index is 7.11. The zero-order valence-corrected chi connectivity index (χ0v) is 10.8. The maximum absolute atomic E-state index is 7.11. The summed E-state index contributed by atoms with van der Waals surface area (Å²) in [5.74, 6) is 1.15. The highest BCUT2D eigenvalue weighted by molar-refractivity contribution is 7.99. The molecule has 1 heterocycles. The summed E-state index contributed by atoms with van der Waals surface area (Å²) in [5.41, 5.74) is 8.53. The van der Waals surface area contributed by atoms with Gasteiger partial charge in [0.2, 0.25) is 0 Å². The van der Waals surface area contributed by atoms with E-state index in [9.17, 15) is 0 Å². The van der Waals surface area contributed by atoms with E-state index >= 15 is 0 Å². The molecule has 0 aromatic carbocycles. The van der Waals surface area contributed by atoms with Crippen LogP contribution in [0.25, 0.3) is 0 Å².